The molecule has 0 saturated carbocycles. The molecule has 0 fully saturated rings. The number of carbonyl (C=O) groups is 1. The van der Waals surface area contributed by atoms with Crippen molar-refractivity contribution in [2.45, 2.75) is 6.92 Å². The van der Waals surface area contributed by atoms with Crippen molar-refractivity contribution in [2.75, 3.05) is 17.7 Å². The molecular formula is C17H17N3O. The van der Waals surface area contributed by atoms with Crippen LogP contribution in [0.3, 0.4) is 0 Å². The minimum Gasteiger partial charge on any atom is -0.397 e. The zero-order valence-corrected chi connectivity index (χ0v) is 12.1. The monoisotopic (exact) mass is 279 g/mol. The number of nitrogens with two attached hydrogens (primary N) is 1. The van der Waals surface area contributed by atoms with E-state index < -0.39 is 0 Å². The number of rotatable bonds is 2. The number of nitrogens with zero attached hydrogens (tertiary/aromatic N) is 1. The SMILES string of the molecule is Cc1ccccc1N(C)C(=O)c1cc2cccc(N)c2[nH]1. The van der Waals surface area contributed by atoms with Crippen molar-refractivity contribution in [1.29, 1.82) is 0 Å². The molecule has 0 saturated heterocycles. The van der Waals surface area contributed by atoms with Crippen molar-refractivity contribution in [3.05, 3.63) is 59.8 Å². The number of nitrogen functional groups attached to an aromatic ring is 1. The van der Waals surface area contributed by atoms with E-state index in [0.29, 0.717) is 11.4 Å². The lowest BCUT2D eigenvalue weighted by atomic mass is 10.2. The molecule has 3 rings (SSSR count). The van der Waals surface area contributed by atoms with Gasteiger partial charge in [-0.05, 0) is 30.7 Å². The molecule has 1 heterocycles. The van der Waals surface area contributed by atoms with Crippen molar-refractivity contribution >= 4 is 28.2 Å². The smallest absolute Gasteiger partial charge is 0.274 e. The molecule has 2 aromatic carbocycles. The number of fused-ring (bicyclic) bond motifs is 1. The topological polar surface area (TPSA) is 62.1 Å². The van der Waals surface area contributed by atoms with E-state index in [2.05, 4.69) is 4.98 Å². The third-order valence-electron chi connectivity index (χ3n) is 3.70. The van der Waals surface area contributed by atoms with Gasteiger partial charge in [0, 0.05) is 18.1 Å². The number of carbonyl (C=O) groups excluding carboxylic acids is 1. The summed E-state index contributed by atoms with van der Waals surface area (Å²) < 4.78 is 0. The highest BCUT2D eigenvalue weighted by atomic mass is 16.2. The van der Waals surface area contributed by atoms with Crippen LogP contribution in [0.4, 0.5) is 11.4 Å². The quantitative estimate of drug-likeness (QED) is 0.707. The molecule has 0 aliphatic rings. The number of anilines is 2. The van der Waals surface area contributed by atoms with Gasteiger partial charge in [-0.25, -0.2) is 0 Å². The summed E-state index contributed by atoms with van der Waals surface area (Å²) in [5, 5.41) is 0.941. The molecule has 0 aliphatic carbocycles. The molecule has 4 heteroatoms. The first-order valence-electron chi connectivity index (χ1n) is 6.79. The average molecular weight is 279 g/mol. The fourth-order valence-corrected chi connectivity index (χ4v) is 2.52. The lowest BCUT2D eigenvalue weighted by molar-refractivity contribution is 0.0989. The Kier molecular flexibility index (Phi) is 3.14. The zero-order valence-electron chi connectivity index (χ0n) is 12.1. The Bertz CT molecular complexity index is 820. The van der Waals surface area contributed by atoms with E-state index in [0.717, 1.165) is 22.2 Å². The number of nitrogens with one attached hydrogen (secondary N) is 1. The van der Waals surface area contributed by atoms with E-state index in [1.54, 1.807) is 11.9 Å². The van der Waals surface area contributed by atoms with Gasteiger partial charge in [-0.15, -0.1) is 0 Å². The van der Waals surface area contributed by atoms with Gasteiger partial charge < -0.3 is 15.6 Å². The number of aromatic amines is 1. The average Bonchev–Trinajstić information content (AvgIpc) is 2.92. The van der Waals surface area contributed by atoms with Crippen LogP contribution in [-0.4, -0.2) is 17.9 Å². The van der Waals surface area contributed by atoms with Gasteiger partial charge in [-0.3, -0.25) is 4.79 Å². The van der Waals surface area contributed by atoms with Crippen LogP contribution >= 0.6 is 0 Å². The Balaban J connectivity index is 2.00. The standard InChI is InChI=1S/C17H17N3O/c1-11-6-3-4-9-15(11)20(2)17(21)14-10-12-7-5-8-13(18)16(12)19-14/h3-10,19H,18H2,1-2H3. The molecule has 106 valence electrons. The third kappa shape index (κ3) is 2.25. The van der Waals surface area contributed by atoms with Crippen molar-refractivity contribution in [1.82, 2.24) is 4.98 Å². The number of aryl methyl sites for hydroxylation is 1. The molecule has 1 aromatic heterocycles. The third-order valence-corrected chi connectivity index (χ3v) is 3.70. The molecule has 1 amide bonds. The Morgan fingerprint density at radius 1 is 1.14 bits per heavy atom. The number of hydrogen-bond donors (Lipinski definition) is 2. The summed E-state index contributed by atoms with van der Waals surface area (Å²) in [5.74, 6) is -0.0834. The second-order valence-electron chi connectivity index (χ2n) is 5.15. The maximum Gasteiger partial charge on any atom is 0.274 e. The minimum absolute atomic E-state index is 0.0834. The van der Waals surface area contributed by atoms with Crippen LogP contribution in [0.15, 0.2) is 48.5 Å². The number of H-pyrrole nitrogens is 1. The number of amides is 1. The Morgan fingerprint density at radius 3 is 2.62 bits per heavy atom. The molecule has 0 unspecified atom stereocenters. The summed E-state index contributed by atoms with van der Waals surface area (Å²) in [6.07, 6.45) is 0. The Labute approximate surface area is 123 Å². The summed E-state index contributed by atoms with van der Waals surface area (Å²) in [6.45, 7) is 1.99. The molecule has 0 bridgehead atoms. The number of hydrogen-bond acceptors (Lipinski definition) is 2. The molecule has 4 nitrogen and oxygen atoms in total. The maximum atomic E-state index is 12.6. The Hall–Kier alpha value is -2.75. The lowest BCUT2D eigenvalue weighted by Crippen LogP contribution is -2.27. The van der Waals surface area contributed by atoms with Crippen LogP contribution in [0.5, 0.6) is 0 Å². The predicted octanol–water partition coefficient (Wildman–Crippen LogP) is 3.34. The van der Waals surface area contributed by atoms with Gasteiger partial charge in [0.15, 0.2) is 0 Å². The predicted molar refractivity (Wildman–Crippen MR) is 86.6 cm³/mol. The fourth-order valence-electron chi connectivity index (χ4n) is 2.52. The van der Waals surface area contributed by atoms with Crippen molar-refractivity contribution in [2.24, 2.45) is 0 Å². The largest absolute Gasteiger partial charge is 0.397 e. The highest BCUT2D eigenvalue weighted by Gasteiger charge is 2.17. The second-order valence-corrected chi connectivity index (χ2v) is 5.15. The van der Waals surface area contributed by atoms with Crippen LogP contribution in [0, 0.1) is 6.92 Å². The number of benzene rings is 2. The van der Waals surface area contributed by atoms with Crippen LogP contribution in [-0.2, 0) is 0 Å². The van der Waals surface area contributed by atoms with E-state index in [4.69, 9.17) is 5.73 Å². The second kappa shape index (κ2) is 4.98. The van der Waals surface area contributed by atoms with Crippen molar-refractivity contribution in [3.63, 3.8) is 0 Å². The zero-order chi connectivity index (χ0) is 15.0. The molecular weight excluding hydrogens is 262 g/mol. The summed E-state index contributed by atoms with van der Waals surface area (Å²) in [5.41, 5.74) is 9.87. The fraction of sp³-hybridized carbons (Fsp3) is 0.118. The van der Waals surface area contributed by atoms with Crippen LogP contribution < -0.4 is 10.6 Å². The summed E-state index contributed by atoms with van der Waals surface area (Å²) in [7, 11) is 1.78. The Morgan fingerprint density at radius 2 is 1.90 bits per heavy atom. The van der Waals surface area contributed by atoms with Crippen LogP contribution in [0.1, 0.15) is 16.1 Å². The van der Waals surface area contributed by atoms with Gasteiger partial charge >= 0.3 is 0 Å². The van der Waals surface area contributed by atoms with E-state index in [-0.39, 0.29) is 5.91 Å². The minimum atomic E-state index is -0.0834. The molecule has 21 heavy (non-hydrogen) atoms. The van der Waals surface area contributed by atoms with E-state index >= 15 is 0 Å². The summed E-state index contributed by atoms with van der Waals surface area (Å²) in [4.78, 5) is 17.4. The van der Waals surface area contributed by atoms with Gasteiger partial charge in [0.05, 0.1) is 11.2 Å². The van der Waals surface area contributed by atoms with E-state index in [9.17, 15) is 4.79 Å². The molecule has 0 radical (unpaired) electrons. The molecule has 0 aliphatic heterocycles. The van der Waals surface area contributed by atoms with Crippen LogP contribution in [0.25, 0.3) is 10.9 Å². The first kappa shape index (κ1) is 13.2. The summed E-state index contributed by atoms with van der Waals surface area (Å²) in [6, 6.07) is 15.3. The first-order chi connectivity index (χ1) is 10.1. The molecule has 0 spiro atoms. The van der Waals surface area contributed by atoms with E-state index in [1.165, 1.54) is 0 Å². The highest BCUT2D eigenvalue weighted by molar-refractivity contribution is 6.08. The first-order valence-corrected chi connectivity index (χ1v) is 6.79. The van der Waals surface area contributed by atoms with Gasteiger partial charge in [-0.2, -0.15) is 0 Å². The summed E-state index contributed by atoms with van der Waals surface area (Å²) >= 11 is 0. The maximum absolute atomic E-state index is 12.6. The normalized spacial score (nSPS) is 10.8. The van der Waals surface area contributed by atoms with Gasteiger partial charge in [0.1, 0.15) is 5.69 Å². The molecule has 3 aromatic rings. The van der Waals surface area contributed by atoms with Crippen molar-refractivity contribution in [3.8, 4) is 0 Å². The molecule has 3 N–H and O–H groups in total. The number of para-hydroxylation sites is 2. The van der Waals surface area contributed by atoms with Gasteiger partial charge in [0.2, 0.25) is 0 Å². The van der Waals surface area contributed by atoms with E-state index in [1.807, 2.05) is 55.5 Å². The highest BCUT2D eigenvalue weighted by Crippen LogP contribution is 2.24. The molecule has 0 atom stereocenters. The van der Waals surface area contributed by atoms with Gasteiger partial charge in [0.25, 0.3) is 5.91 Å². The van der Waals surface area contributed by atoms with Crippen molar-refractivity contribution < 1.29 is 4.79 Å². The van der Waals surface area contributed by atoms with Gasteiger partial charge in [-0.1, -0.05) is 30.3 Å². The number of aromatic nitrogens is 1. The lowest BCUT2D eigenvalue weighted by Gasteiger charge is -2.18. The van der Waals surface area contributed by atoms with Crippen LogP contribution in [0.2, 0.25) is 0 Å².